The van der Waals surface area contributed by atoms with Crippen molar-refractivity contribution in [2.24, 2.45) is 5.73 Å². The number of primary amides is 1. The predicted octanol–water partition coefficient (Wildman–Crippen LogP) is 2.98. The van der Waals surface area contributed by atoms with Crippen LogP contribution in [0.3, 0.4) is 0 Å². The largest absolute Gasteiger partial charge is 0.482 e. The molecule has 2 N–H and O–H groups in total. The molecule has 9 heteroatoms. The standard InChI is InChI=1S/C10H8Cl3F2NO3/c11-6-2-1-5(19-10(14,15)9(12)13)3-7(6)18-4-8(16)17/h1-3,9H,4H2,(H2,16,17). The molecule has 0 aliphatic heterocycles. The van der Waals surface area contributed by atoms with Crippen LogP contribution < -0.4 is 15.2 Å². The summed E-state index contributed by atoms with van der Waals surface area (Å²) in [4.78, 5) is 8.51. The van der Waals surface area contributed by atoms with Gasteiger partial charge < -0.3 is 15.2 Å². The number of rotatable bonds is 6. The van der Waals surface area contributed by atoms with Crippen LogP contribution in [0.25, 0.3) is 0 Å². The molecule has 1 amide bonds. The lowest BCUT2D eigenvalue weighted by molar-refractivity contribution is -0.163. The molecule has 0 aliphatic rings. The number of nitrogens with two attached hydrogens (primary N) is 1. The van der Waals surface area contributed by atoms with Crippen LogP contribution in [0.5, 0.6) is 11.5 Å². The van der Waals surface area contributed by atoms with Gasteiger partial charge in [0.2, 0.25) is 4.84 Å². The van der Waals surface area contributed by atoms with E-state index in [1.165, 1.54) is 12.1 Å². The average Bonchev–Trinajstić information content (AvgIpc) is 2.29. The minimum atomic E-state index is -3.78. The van der Waals surface area contributed by atoms with Gasteiger partial charge in [0.1, 0.15) is 11.5 Å². The molecule has 0 heterocycles. The molecule has 0 aromatic heterocycles. The van der Waals surface area contributed by atoms with Gasteiger partial charge in [-0.3, -0.25) is 4.79 Å². The van der Waals surface area contributed by atoms with Crippen LogP contribution in [0.2, 0.25) is 5.02 Å². The molecule has 1 rings (SSSR count). The Balaban J connectivity index is 2.87. The third-order valence-corrected chi connectivity index (χ3v) is 2.60. The summed E-state index contributed by atoms with van der Waals surface area (Å²) in [6, 6.07) is 3.49. The van der Waals surface area contributed by atoms with Crippen LogP contribution in [0, 0.1) is 0 Å². The minimum absolute atomic E-state index is 0.0329. The van der Waals surface area contributed by atoms with Crippen LogP contribution in [0.15, 0.2) is 18.2 Å². The minimum Gasteiger partial charge on any atom is -0.482 e. The highest BCUT2D eigenvalue weighted by Gasteiger charge is 2.40. The summed E-state index contributed by atoms with van der Waals surface area (Å²) in [5.41, 5.74) is 4.88. The Kier molecular flexibility index (Phi) is 5.46. The van der Waals surface area contributed by atoms with Crippen molar-refractivity contribution < 1.29 is 23.0 Å². The zero-order chi connectivity index (χ0) is 14.6. The van der Waals surface area contributed by atoms with Gasteiger partial charge in [0.05, 0.1) is 5.02 Å². The molecular formula is C10H8Cl3F2NO3. The van der Waals surface area contributed by atoms with Crippen molar-refractivity contribution in [3.05, 3.63) is 23.2 Å². The molecule has 0 fully saturated rings. The number of hydrogen-bond acceptors (Lipinski definition) is 3. The predicted molar refractivity (Wildman–Crippen MR) is 67.2 cm³/mol. The Morgan fingerprint density at radius 1 is 1.42 bits per heavy atom. The molecule has 0 aliphatic carbocycles. The number of hydrogen-bond donors (Lipinski definition) is 1. The smallest absolute Gasteiger partial charge is 0.428 e. The van der Waals surface area contributed by atoms with E-state index in [4.69, 9.17) is 45.3 Å². The van der Waals surface area contributed by atoms with Crippen molar-refractivity contribution in [3.8, 4) is 11.5 Å². The van der Waals surface area contributed by atoms with Gasteiger partial charge in [-0.15, -0.1) is 0 Å². The molecule has 0 saturated heterocycles. The summed E-state index contributed by atoms with van der Waals surface area (Å²) < 4.78 is 35.5. The summed E-state index contributed by atoms with van der Waals surface area (Å²) >= 11 is 15.9. The van der Waals surface area contributed by atoms with Crippen LogP contribution in [-0.2, 0) is 4.79 Å². The molecule has 1 aromatic rings. The van der Waals surface area contributed by atoms with Crippen LogP contribution in [0.4, 0.5) is 8.78 Å². The molecule has 1 aromatic carbocycles. The first kappa shape index (κ1) is 16.1. The zero-order valence-corrected chi connectivity index (χ0v) is 11.5. The monoisotopic (exact) mass is 333 g/mol. The van der Waals surface area contributed by atoms with E-state index in [9.17, 15) is 13.6 Å². The van der Waals surface area contributed by atoms with Crippen molar-refractivity contribution in [2.45, 2.75) is 10.9 Å². The quantitative estimate of drug-likeness (QED) is 0.814. The van der Waals surface area contributed by atoms with E-state index in [1.807, 2.05) is 0 Å². The lowest BCUT2D eigenvalue weighted by Gasteiger charge is -2.19. The second kappa shape index (κ2) is 6.45. The highest BCUT2D eigenvalue weighted by Crippen LogP contribution is 2.34. The van der Waals surface area contributed by atoms with Crippen molar-refractivity contribution in [1.29, 1.82) is 0 Å². The molecule has 4 nitrogen and oxygen atoms in total. The number of halogens is 5. The Hall–Kier alpha value is -0.980. The molecule has 106 valence electrons. The summed E-state index contributed by atoms with van der Waals surface area (Å²) in [6.07, 6.45) is -3.78. The molecule has 0 unspecified atom stereocenters. The number of benzene rings is 1. The third-order valence-electron chi connectivity index (χ3n) is 1.78. The second-order valence-corrected chi connectivity index (χ2v) is 4.82. The number of ether oxygens (including phenoxy) is 2. The molecule has 19 heavy (non-hydrogen) atoms. The van der Waals surface area contributed by atoms with Crippen LogP contribution in [0.1, 0.15) is 0 Å². The first-order valence-electron chi connectivity index (χ1n) is 4.78. The first-order chi connectivity index (χ1) is 8.72. The number of carbonyl (C=O) groups excluding carboxylic acids is 1. The van der Waals surface area contributed by atoms with Gasteiger partial charge >= 0.3 is 6.11 Å². The summed E-state index contributed by atoms with van der Waals surface area (Å²) in [7, 11) is 0. The van der Waals surface area contributed by atoms with E-state index >= 15 is 0 Å². The fraction of sp³-hybridized carbons (Fsp3) is 0.300. The van der Waals surface area contributed by atoms with Crippen LogP contribution >= 0.6 is 34.8 Å². The van der Waals surface area contributed by atoms with Crippen molar-refractivity contribution >= 4 is 40.7 Å². The van der Waals surface area contributed by atoms with Gasteiger partial charge in [-0.1, -0.05) is 34.8 Å². The van der Waals surface area contributed by atoms with E-state index in [0.717, 1.165) is 6.07 Å². The maximum absolute atomic E-state index is 13.1. The molecule has 0 bridgehead atoms. The summed E-state index contributed by atoms with van der Waals surface area (Å²) in [6.45, 7) is -0.451. The fourth-order valence-corrected chi connectivity index (χ4v) is 1.27. The molecular weight excluding hydrogens is 326 g/mol. The van der Waals surface area contributed by atoms with E-state index in [2.05, 4.69) is 4.74 Å². The Bertz CT molecular complexity index is 471. The lowest BCUT2D eigenvalue weighted by Crippen LogP contribution is -2.32. The highest BCUT2D eigenvalue weighted by atomic mass is 35.5. The van der Waals surface area contributed by atoms with Crippen LogP contribution in [-0.4, -0.2) is 23.5 Å². The molecule has 0 atom stereocenters. The SMILES string of the molecule is NC(=O)COc1cc(OC(F)(F)C(Cl)Cl)ccc1Cl. The number of amides is 1. The van der Waals surface area contributed by atoms with Gasteiger partial charge in [0.25, 0.3) is 5.91 Å². The lowest BCUT2D eigenvalue weighted by atomic mass is 10.3. The van der Waals surface area contributed by atoms with Gasteiger partial charge in [-0.05, 0) is 12.1 Å². The third kappa shape index (κ3) is 4.89. The van der Waals surface area contributed by atoms with E-state index in [0.29, 0.717) is 0 Å². The second-order valence-electron chi connectivity index (χ2n) is 3.31. The average molecular weight is 335 g/mol. The fourth-order valence-electron chi connectivity index (χ4n) is 1.01. The number of alkyl halides is 4. The van der Waals surface area contributed by atoms with Gasteiger partial charge in [0.15, 0.2) is 6.61 Å². The van der Waals surface area contributed by atoms with E-state index in [-0.39, 0.29) is 16.5 Å². The topological polar surface area (TPSA) is 61.6 Å². The number of carbonyl (C=O) groups is 1. The van der Waals surface area contributed by atoms with Crippen molar-refractivity contribution in [1.82, 2.24) is 0 Å². The Morgan fingerprint density at radius 3 is 2.58 bits per heavy atom. The first-order valence-corrected chi connectivity index (χ1v) is 6.03. The maximum atomic E-state index is 13.1. The molecule has 0 spiro atoms. The summed E-state index contributed by atoms with van der Waals surface area (Å²) in [5, 5.41) is 0.102. The normalized spacial score (nSPS) is 11.5. The van der Waals surface area contributed by atoms with Crippen molar-refractivity contribution in [3.63, 3.8) is 0 Å². The van der Waals surface area contributed by atoms with Gasteiger partial charge in [-0.2, -0.15) is 8.78 Å². The van der Waals surface area contributed by atoms with Gasteiger partial charge in [-0.25, -0.2) is 0 Å². The highest BCUT2D eigenvalue weighted by molar-refractivity contribution is 6.44. The summed E-state index contributed by atoms with van der Waals surface area (Å²) in [5.74, 6) is -1.05. The van der Waals surface area contributed by atoms with Crippen molar-refractivity contribution in [2.75, 3.05) is 6.61 Å². The maximum Gasteiger partial charge on any atom is 0.428 e. The van der Waals surface area contributed by atoms with E-state index in [1.54, 1.807) is 0 Å². The van der Waals surface area contributed by atoms with E-state index < -0.39 is 23.5 Å². The molecule has 0 saturated carbocycles. The van der Waals surface area contributed by atoms with Gasteiger partial charge in [0, 0.05) is 6.07 Å². The molecule has 0 radical (unpaired) electrons. The zero-order valence-electron chi connectivity index (χ0n) is 9.21. The Labute approximate surface area is 122 Å². The Morgan fingerprint density at radius 2 is 2.05 bits per heavy atom.